The molecule has 1 N–H and O–H groups in total. The lowest BCUT2D eigenvalue weighted by molar-refractivity contribution is -0.116. The van der Waals surface area contributed by atoms with Gasteiger partial charge in [0.1, 0.15) is 5.76 Å². The van der Waals surface area contributed by atoms with Crippen molar-refractivity contribution < 1.29 is 14.1 Å². The highest BCUT2D eigenvalue weighted by Crippen LogP contribution is 2.18. The van der Waals surface area contributed by atoms with Crippen molar-refractivity contribution in [2.75, 3.05) is 31.5 Å². The number of carbonyl (C=O) groups is 2. The lowest BCUT2D eigenvalue weighted by Gasteiger charge is -2.34. The van der Waals surface area contributed by atoms with Crippen molar-refractivity contribution in [3.8, 4) is 0 Å². The SMILES string of the molecule is Cc1noc(C)c1CN1CCN(C(=O)c2cccc(NC(=O)CCn3ccnc3)c2)CC1. The van der Waals surface area contributed by atoms with Crippen molar-refractivity contribution in [2.45, 2.75) is 33.4 Å². The minimum Gasteiger partial charge on any atom is -0.361 e. The van der Waals surface area contributed by atoms with E-state index in [1.807, 2.05) is 29.5 Å². The molecule has 0 radical (unpaired) electrons. The summed E-state index contributed by atoms with van der Waals surface area (Å²) in [6.07, 6.45) is 5.52. The highest BCUT2D eigenvalue weighted by Gasteiger charge is 2.24. The number of aromatic nitrogens is 3. The zero-order valence-electron chi connectivity index (χ0n) is 18.5. The third kappa shape index (κ3) is 5.23. The van der Waals surface area contributed by atoms with Crippen LogP contribution in [0.3, 0.4) is 0 Å². The van der Waals surface area contributed by atoms with Gasteiger partial charge in [-0.15, -0.1) is 0 Å². The van der Waals surface area contributed by atoms with Crippen LogP contribution in [-0.4, -0.2) is 62.5 Å². The third-order valence-electron chi connectivity index (χ3n) is 5.77. The Hall–Kier alpha value is -3.46. The molecule has 168 valence electrons. The van der Waals surface area contributed by atoms with Gasteiger partial charge in [0.25, 0.3) is 5.91 Å². The smallest absolute Gasteiger partial charge is 0.254 e. The molecule has 4 rings (SSSR count). The fourth-order valence-corrected chi connectivity index (χ4v) is 3.85. The van der Waals surface area contributed by atoms with Gasteiger partial charge in [0, 0.05) is 74.9 Å². The Morgan fingerprint density at radius 2 is 1.97 bits per heavy atom. The molecule has 3 heterocycles. The number of rotatable bonds is 7. The molecule has 0 spiro atoms. The first-order valence-corrected chi connectivity index (χ1v) is 10.8. The van der Waals surface area contributed by atoms with Gasteiger partial charge < -0.3 is 19.3 Å². The van der Waals surface area contributed by atoms with Gasteiger partial charge in [0.2, 0.25) is 5.91 Å². The maximum absolute atomic E-state index is 13.0. The number of anilines is 1. The van der Waals surface area contributed by atoms with Gasteiger partial charge in [0.15, 0.2) is 0 Å². The summed E-state index contributed by atoms with van der Waals surface area (Å²) in [5.41, 5.74) is 3.26. The van der Waals surface area contributed by atoms with Crippen LogP contribution in [0.4, 0.5) is 5.69 Å². The predicted octanol–water partition coefficient (Wildman–Crippen LogP) is 2.47. The van der Waals surface area contributed by atoms with Crippen LogP contribution in [0.25, 0.3) is 0 Å². The normalized spacial score (nSPS) is 14.5. The molecule has 2 aromatic heterocycles. The second-order valence-corrected chi connectivity index (χ2v) is 8.05. The minimum absolute atomic E-state index is 0.0171. The topological polar surface area (TPSA) is 96.5 Å². The maximum Gasteiger partial charge on any atom is 0.254 e. The van der Waals surface area contributed by atoms with Crippen molar-refractivity contribution >= 4 is 17.5 Å². The van der Waals surface area contributed by atoms with E-state index >= 15 is 0 Å². The van der Waals surface area contributed by atoms with Crippen LogP contribution in [0, 0.1) is 13.8 Å². The number of hydrogen-bond donors (Lipinski definition) is 1. The van der Waals surface area contributed by atoms with Gasteiger partial charge in [-0.3, -0.25) is 14.5 Å². The molecule has 9 heteroatoms. The highest BCUT2D eigenvalue weighted by molar-refractivity contribution is 5.97. The average Bonchev–Trinajstić information content (AvgIpc) is 3.43. The second-order valence-electron chi connectivity index (χ2n) is 8.05. The molecule has 0 unspecified atom stereocenters. The van der Waals surface area contributed by atoms with Gasteiger partial charge in [-0.05, 0) is 32.0 Å². The first-order chi connectivity index (χ1) is 15.5. The van der Waals surface area contributed by atoms with E-state index in [2.05, 4.69) is 20.4 Å². The molecule has 1 aliphatic heterocycles. The number of carbonyl (C=O) groups excluding carboxylic acids is 2. The Morgan fingerprint density at radius 1 is 1.16 bits per heavy atom. The van der Waals surface area contributed by atoms with Crippen molar-refractivity contribution in [3.05, 3.63) is 65.6 Å². The summed E-state index contributed by atoms with van der Waals surface area (Å²) in [5, 5.41) is 6.90. The summed E-state index contributed by atoms with van der Waals surface area (Å²) in [4.78, 5) is 33.4. The Bertz CT molecular complexity index is 1050. The summed E-state index contributed by atoms with van der Waals surface area (Å²) in [7, 11) is 0. The van der Waals surface area contributed by atoms with E-state index in [0.717, 1.165) is 36.7 Å². The fourth-order valence-electron chi connectivity index (χ4n) is 3.85. The standard InChI is InChI=1S/C23H28N6O3/c1-17-21(18(2)32-26-17)15-27-10-12-29(13-11-27)23(31)19-4-3-5-20(14-19)25-22(30)6-8-28-9-7-24-16-28/h3-5,7,9,14,16H,6,8,10-13,15H2,1-2H3,(H,25,30). The molecule has 0 saturated carbocycles. The molecular weight excluding hydrogens is 408 g/mol. The van der Waals surface area contributed by atoms with Crippen LogP contribution >= 0.6 is 0 Å². The first kappa shape index (κ1) is 21.8. The summed E-state index contributed by atoms with van der Waals surface area (Å²) in [6, 6.07) is 7.13. The molecule has 1 saturated heterocycles. The second kappa shape index (κ2) is 9.78. The summed E-state index contributed by atoms with van der Waals surface area (Å²) < 4.78 is 7.10. The van der Waals surface area contributed by atoms with E-state index in [-0.39, 0.29) is 11.8 Å². The van der Waals surface area contributed by atoms with Crippen LogP contribution in [0.1, 0.15) is 33.8 Å². The lowest BCUT2D eigenvalue weighted by Crippen LogP contribution is -2.48. The van der Waals surface area contributed by atoms with Gasteiger partial charge >= 0.3 is 0 Å². The fraction of sp³-hybridized carbons (Fsp3) is 0.391. The Morgan fingerprint density at radius 3 is 2.66 bits per heavy atom. The van der Waals surface area contributed by atoms with Crippen LogP contribution in [0.15, 0.2) is 47.5 Å². The van der Waals surface area contributed by atoms with Crippen LogP contribution < -0.4 is 5.32 Å². The summed E-state index contributed by atoms with van der Waals surface area (Å²) in [6.45, 7) is 8.12. The lowest BCUT2D eigenvalue weighted by atomic mass is 10.1. The van der Waals surface area contributed by atoms with Crippen molar-refractivity contribution in [3.63, 3.8) is 0 Å². The third-order valence-corrected chi connectivity index (χ3v) is 5.77. The van der Waals surface area contributed by atoms with Gasteiger partial charge in [0.05, 0.1) is 12.0 Å². The van der Waals surface area contributed by atoms with Crippen molar-refractivity contribution in [1.29, 1.82) is 0 Å². The molecule has 0 atom stereocenters. The van der Waals surface area contributed by atoms with Gasteiger partial charge in [-0.2, -0.15) is 0 Å². The Labute approximate surface area is 187 Å². The zero-order chi connectivity index (χ0) is 22.5. The van der Waals surface area contributed by atoms with E-state index in [0.29, 0.717) is 37.3 Å². The summed E-state index contributed by atoms with van der Waals surface area (Å²) >= 11 is 0. The van der Waals surface area contributed by atoms with E-state index in [4.69, 9.17) is 4.52 Å². The maximum atomic E-state index is 13.0. The molecule has 1 fully saturated rings. The number of amides is 2. The van der Waals surface area contributed by atoms with Crippen LogP contribution in [0.5, 0.6) is 0 Å². The number of benzene rings is 1. The van der Waals surface area contributed by atoms with E-state index < -0.39 is 0 Å². The predicted molar refractivity (Wildman–Crippen MR) is 119 cm³/mol. The number of aryl methyl sites for hydroxylation is 3. The molecule has 32 heavy (non-hydrogen) atoms. The molecule has 1 aromatic carbocycles. The minimum atomic E-state index is -0.101. The molecule has 0 bridgehead atoms. The number of imidazole rings is 1. The molecule has 0 aliphatic carbocycles. The average molecular weight is 437 g/mol. The first-order valence-electron chi connectivity index (χ1n) is 10.8. The highest BCUT2D eigenvalue weighted by atomic mass is 16.5. The number of hydrogen-bond acceptors (Lipinski definition) is 6. The van der Waals surface area contributed by atoms with Crippen molar-refractivity contribution in [2.24, 2.45) is 0 Å². The zero-order valence-corrected chi connectivity index (χ0v) is 18.5. The summed E-state index contributed by atoms with van der Waals surface area (Å²) in [5.74, 6) is 0.734. The number of nitrogens with zero attached hydrogens (tertiary/aromatic N) is 5. The molecule has 1 aliphatic rings. The van der Waals surface area contributed by atoms with E-state index in [9.17, 15) is 9.59 Å². The molecular formula is C23H28N6O3. The Kier molecular flexibility index (Phi) is 6.65. The van der Waals surface area contributed by atoms with Crippen molar-refractivity contribution in [1.82, 2.24) is 24.5 Å². The van der Waals surface area contributed by atoms with E-state index in [1.165, 1.54) is 0 Å². The molecule has 9 nitrogen and oxygen atoms in total. The van der Waals surface area contributed by atoms with Gasteiger partial charge in [-0.1, -0.05) is 11.2 Å². The van der Waals surface area contributed by atoms with Crippen LogP contribution in [-0.2, 0) is 17.9 Å². The monoisotopic (exact) mass is 436 g/mol. The number of nitrogens with one attached hydrogen (secondary N) is 1. The van der Waals surface area contributed by atoms with E-state index in [1.54, 1.807) is 36.8 Å². The number of piperazine rings is 1. The van der Waals surface area contributed by atoms with Crippen LogP contribution in [0.2, 0.25) is 0 Å². The van der Waals surface area contributed by atoms with Gasteiger partial charge in [-0.25, -0.2) is 4.98 Å². The molecule has 2 amide bonds. The Balaban J connectivity index is 1.29. The molecule has 3 aromatic rings. The largest absolute Gasteiger partial charge is 0.361 e. The quantitative estimate of drug-likeness (QED) is 0.611.